The van der Waals surface area contributed by atoms with Gasteiger partial charge in [0.1, 0.15) is 0 Å². The summed E-state index contributed by atoms with van der Waals surface area (Å²) in [5.74, 6) is 0.0100. The van der Waals surface area contributed by atoms with Gasteiger partial charge < -0.3 is 15.4 Å². The molecule has 0 aromatic rings. The van der Waals surface area contributed by atoms with Crippen molar-refractivity contribution in [3.05, 3.63) is 0 Å². The number of hydrogen-bond acceptors (Lipinski definition) is 3. The van der Waals surface area contributed by atoms with Gasteiger partial charge in [-0.2, -0.15) is 0 Å². The van der Waals surface area contributed by atoms with Crippen LogP contribution >= 0.6 is 0 Å². The molecule has 1 aliphatic heterocycles. The molecule has 1 aliphatic rings. The van der Waals surface area contributed by atoms with Gasteiger partial charge in [-0.1, -0.05) is 0 Å². The largest absolute Gasteiger partial charge is 0.375 e. The second-order valence-electron chi connectivity index (χ2n) is 2.97. The third-order valence-electron chi connectivity index (χ3n) is 1.85. The van der Waals surface area contributed by atoms with Crippen LogP contribution in [0.5, 0.6) is 0 Å². The van der Waals surface area contributed by atoms with E-state index in [0.717, 1.165) is 26.1 Å². The van der Waals surface area contributed by atoms with Gasteiger partial charge in [0.05, 0.1) is 12.7 Å². The molecule has 1 heterocycles. The van der Waals surface area contributed by atoms with Gasteiger partial charge in [0, 0.05) is 20.0 Å². The molecule has 1 saturated heterocycles. The molecule has 1 amide bonds. The highest BCUT2D eigenvalue weighted by Crippen LogP contribution is 1.98. The van der Waals surface area contributed by atoms with E-state index in [0.29, 0.717) is 6.54 Å². The Morgan fingerprint density at radius 1 is 1.67 bits per heavy atom. The standard InChI is InChI=1S/C8H16N2O2/c1-7(11)10-6-8-2-3-9-4-5-12-8/h8-9H,2-6H2,1H3,(H,10,11). The molecule has 0 aromatic heterocycles. The van der Waals surface area contributed by atoms with Crippen LogP contribution in [0, 0.1) is 0 Å². The van der Waals surface area contributed by atoms with Gasteiger partial charge in [-0.05, 0) is 13.0 Å². The van der Waals surface area contributed by atoms with Gasteiger partial charge >= 0.3 is 0 Å². The van der Waals surface area contributed by atoms with Crippen molar-refractivity contribution in [3.63, 3.8) is 0 Å². The third kappa shape index (κ3) is 3.69. The maximum absolute atomic E-state index is 10.6. The highest BCUT2D eigenvalue weighted by Gasteiger charge is 2.11. The Bertz CT molecular complexity index is 142. The Kier molecular flexibility index (Phi) is 4.04. The minimum atomic E-state index is 0.0100. The number of ether oxygens (including phenoxy) is 1. The maximum atomic E-state index is 10.6. The zero-order chi connectivity index (χ0) is 8.81. The summed E-state index contributed by atoms with van der Waals surface area (Å²) in [4.78, 5) is 10.6. The molecule has 1 atom stereocenters. The summed E-state index contributed by atoms with van der Waals surface area (Å²) >= 11 is 0. The van der Waals surface area contributed by atoms with Gasteiger partial charge in [-0.3, -0.25) is 4.79 Å². The number of carbonyl (C=O) groups is 1. The Morgan fingerprint density at radius 3 is 3.25 bits per heavy atom. The van der Waals surface area contributed by atoms with Crippen molar-refractivity contribution in [2.45, 2.75) is 19.4 Å². The van der Waals surface area contributed by atoms with E-state index in [1.807, 2.05) is 0 Å². The molecular weight excluding hydrogens is 156 g/mol. The fourth-order valence-electron chi connectivity index (χ4n) is 1.19. The van der Waals surface area contributed by atoms with E-state index >= 15 is 0 Å². The van der Waals surface area contributed by atoms with E-state index in [2.05, 4.69) is 10.6 Å². The summed E-state index contributed by atoms with van der Waals surface area (Å²) in [5.41, 5.74) is 0. The van der Waals surface area contributed by atoms with Crippen LogP contribution in [0.4, 0.5) is 0 Å². The van der Waals surface area contributed by atoms with Crippen molar-refractivity contribution in [3.8, 4) is 0 Å². The van der Waals surface area contributed by atoms with Crippen molar-refractivity contribution in [2.75, 3.05) is 26.2 Å². The molecule has 1 rings (SSSR count). The fourth-order valence-corrected chi connectivity index (χ4v) is 1.19. The predicted octanol–water partition coefficient (Wildman–Crippen LogP) is -0.499. The van der Waals surface area contributed by atoms with Crippen molar-refractivity contribution in [1.29, 1.82) is 0 Å². The Hall–Kier alpha value is -0.610. The lowest BCUT2D eigenvalue weighted by molar-refractivity contribution is -0.119. The fraction of sp³-hybridized carbons (Fsp3) is 0.875. The molecule has 2 N–H and O–H groups in total. The number of nitrogens with one attached hydrogen (secondary N) is 2. The highest BCUT2D eigenvalue weighted by atomic mass is 16.5. The second-order valence-corrected chi connectivity index (χ2v) is 2.97. The van der Waals surface area contributed by atoms with Crippen LogP contribution < -0.4 is 10.6 Å². The Labute approximate surface area is 72.7 Å². The molecule has 0 spiro atoms. The van der Waals surface area contributed by atoms with Gasteiger partial charge in [0.2, 0.25) is 5.91 Å². The van der Waals surface area contributed by atoms with Gasteiger partial charge in [-0.25, -0.2) is 0 Å². The molecule has 70 valence electrons. The molecule has 0 saturated carbocycles. The first-order valence-corrected chi connectivity index (χ1v) is 4.36. The van der Waals surface area contributed by atoms with E-state index in [-0.39, 0.29) is 12.0 Å². The van der Waals surface area contributed by atoms with Crippen LogP contribution in [0.25, 0.3) is 0 Å². The lowest BCUT2D eigenvalue weighted by atomic mass is 10.2. The summed E-state index contributed by atoms with van der Waals surface area (Å²) in [6, 6.07) is 0. The minimum absolute atomic E-state index is 0.0100. The molecule has 1 unspecified atom stereocenters. The topological polar surface area (TPSA) is 50.4 Å². The molecule has 0 aromatic carbocycles. The number of hydrogen-bond donors (Lipinski definition) is 2. The highest BCUT2D eigenvalue weighted by molar-refractivity contribution is 5.72. The second kappa shape index (κ2) is 5.11. The van der Waals surface area contributed by atoms with Gasteiger partial charge in [0.15, 0.2) is 0 Å². The maximum Gasteiger partial charge on any atom is 0.216 e. The van der Waals surface area contributed by atoms with Crippen LogP contribution in [-0.4, -0.2) is 38.3 Å². The Balaban J connectivity index is 2.16. The molecule has 0 aliphatic carbocycles. The number of carbonyl (C=O) groups excluding carboxylic acids is 1. The molecule has 4 heteroatoms. The average Bonchev–Trinajstić information content (AvgIpc) is 2.28. The lowest BCUT2D eigenvalue weighted by Crippen LogP contribution is -2.32. The summed E-state index contributed by atoms with van der Waals surface area (Å²) in [6.45, 7) is 4.79. The number of amides is 1. The third-order valence-corrected chi connectivity index (χ3v) is 1.85. The summed E-state index contributed by atoms with van der Waals surface area (Å²) in [6.07, 6.45) is 1.16. The molecule has 12 heavy (non-hydrogen) atoms. The molecule has 0 bridgehead atoms. The normalized spacial score (nSPS) is 24.6. The quantitative estimate of drug-likeness (QED) is 0.590. The zero-order valence-electron chi connectivity index (χ0n) is 7.43. The molecular formula is C8H16N2O2. The summed E-state index contributed by atoms with van der Waals surface area (Å²) in [7, 11) is 0. The first-order valence-electron chi connectivity index (χ1n) is 4.36. The van der Waals surface area contributed by atoms with E-state index in [1.54, 1.807) is 0 Å². The van der Waals surface area contributed by atoms with Crippen molar-refractivity contribution in [2.24, 2.45) is 0 Å². The molecule has 1 fully saturated rings. The first kappa shape index (κ1) is 9.48. The lowest BCUT2D eigenvalue weighted by Gasteiger charge is -2.13. The zero-order valence-corrected chi connectivity index (χ0v) is 7.43. The summed E-state index contributed by atoms with van der Waals surface area (Å²) in [5, 5.41) is 5.98. The van der Waals surface area contributed by atoms with E-state index in [4.69, 9.17) is 4.74 Å². The molecule has 0 radical (unpaired) electrons. The van der Waals surface area contributed by atoms with Crippen LogP contribution in [0.2, 0.25) is 0 Å². The van der Waals surface area contributed by atoms with E-state index < -0.39 is 0 Å². The average molecular weight is 172 g/mol. The van der Waals surface area contributed by atoms with Gasteiger partial charge in [0.25, 0.3) is 0 Å². The minimum Gasteiger partial charge on any atom is -0.375 e. The number of rotatable bonds is 2. The first-order chi connectivity index (χ1) is 5.79. The monoisotopic (exact) mass is 172 g/mol. The SMILES string of the molecule is CC(=O)NCC1CCNCCO1. The van der Waals surface area contributed by atoms with Gasteiger partial charge in [-0.15, -0.1) is 0 Å². The smallest absolute Gasteiger partial charge is 0.216 e. The van der Waals surface area contributed by atoms with Crippen molar-refractivity contribution >= 4 is 5.91 Å². The van der Waals surface area contributed by atoms with Crippen molar-refractivity contribution in [1.82, 2.24) is 10.6 Å². The van der Waals surface area contributed by atoms with Crippen LogP contribution in [0.3, 0.4) is 0 Å². The predicted molar refractivity (Wildman–Crippen MR) is 45.9 cm³/mol. The van der Waals surface area contributed by atoms with E-state index in [1.165, 1.54) is 6.92 Å². The van der Waals surface area contributed by atoms with Crippen molar-refractivity contribution < 1.29 is 9.53 Å². The van der Waals surface area contributed by atoms with Crippen LogP contribution in [0.15, 0.2) is 0 Å². The summed E-state index contributed by atoms with van der Waals surface area (Å²) < 4.78 is 5.48. The van der Waals surface area contributed by atoms with Crippen LogP contribution in [-0.2, 0) is 9.53 Å². The Morgan fingerprint density at radius 2 is 2.50 bits per heavy atom. The van der Waals surface area contributed by atoms with Crippen LogP contribution in [0.1, 0.15) is 13.3 Å². The van der Waals surface area contributed by atoms with E-state index in [9.17, 15) is 4.79 Å². The molecule has 4 nitrogen and oxygen atoms in total.